The van der Waals surface area contributed by atoms with E-state index in [1.807, 2.05) is 13.0 Å². The minimum atomic E-state index is 0.487. The normalized spacial score (nSPS) is 10.2. The van der Waals surface area contributed by atoms with Crippen molar-refractivity contribution in [2.75, 3.05) is 0 Å². The van der Waals surface area contributed by atoms with Crippen molar-refractivity contribution in [1.82, 2.24) is 20.0 Å². The average Bonchev–Trinajstić information content (AvgIpc) is 2.81. The molecule has 0 saturated heterocycles. The molecule has 2 aromatic heterocycles. The molecule has 2 rings (SSSR count). The fourth-order valence-corrected chi connectivity index (χ4v) is 1.65. The lowest BCUT2D eigenvalue weighted by atomic mass is 10.2. The molecule has 5 nitrogen and oxygen atoms in total. The van der Waals surface area contributed by atoms with Gasteiger partial charge in [0.1, 0.15) is 11.6 Å². The zero-order valence-electron chi connectivity index (χ0n) is 9.88. The van der Waals surface area contributed by atoms with Gasteiger partial charge in [0.05, 0.1) is 11.9 Å². The third-order valence-corrected chi connectivity index (χ3v) is 2.58. The van der Waals surface area contributed by atoms with Crippen molar-refractivity contribution in [1.29, 1.82) is 5.26 Å². The van der Waals surface area contributed by atoms with Gasteiger partial charge in [0.25, 0.3) is 0 Å². The molecule has 0 saturated carbocycles. The second-order valence-corrected chi connectivity index (χ2v) is 3.63. The number of aryl methyl sites for hydroxylation is 2. The maximum atomic E-state index is 9.05. The summed E-state index contributed by atoms with van der Waals surface area (Å²) in [5, 5.41) is 21.3. The number of hydrogen-bond acceptors (Lipinski definition) is 4. The summed E-state index contributed by atoms with van der Waals surface area (Å²) in [4.78, 5) is 0. The van der Waals surface area contributed by atoms with E-state index in [1.54, 1.807) is 10.7 Å². The molecule has 0 radical (unpaired) electrons. The minimum Gasteiger partial charge on any atom is -0.216 e. The Labute approximate surface area is 99.7 Å². The van der Waals surface area contributed by atoms with E-state index < -0.39 is 0 Å². The van der Waals surface area contributed by atoms with Crippen LogP contribution in [0.25, 0.3) is 5.82 Å². The largest absolute Gasteiger partial charge is 0.216 e. The lowest BCUT2D eigenvalue weighted by Crippen LogP contribution is -2.07. The fraction of sp³-hybridized carbons (Fsp3) is 0.333. The van der Waals surface area contributed by atoms with Gasteiger partial charge in [-0.2, -0.15) is 15.5 Å². The Kier molecular flexibility index (Phi) is 3.15. The number of aromatic nitrogens is 4. The molecular formula is C12H13N5. The van der Waals surface area contributed by atoms with Gasteiger partial charge in [-0.25, -0.2) is 4.68 Å². The van der Waals surface area contributed by atoms with Gasteiger partial charge in [-0.1, -0.05) is 13.8 Å². The first-order valence-electron chi connectivity index (χ1n) is 5.60. The van der Waals surface area contributed by atoms with Gasteiger partial charge in [0.15, 0.2) is 5.82 Å². The van der Waals surface area contributed by atoms with Crippen LogP contribution in [0, 0.1) is 11.3 Å². The summed E-state index contributed by atoms with van der Waals surface area (Å²) >= 11 is 0. The predicted molar refractivity (Wildman–Crippen MR) is 62.6 cm³/mol. The topological polar surface area (TPSA) is 67.4 Å². The van der Waals surface area contributed by atoms with Crippen LogP contribution in [0.5, 0.6) is 0 Å². The molecule has 0 amide bonds. The van der Waals surface area contributed by atoms with Crippen LogP contribution >= 0.6 is 0 Å². The summed E-state index contributed by atoms with van der Waals surface area (Å²) in [6, 6.07) is 5.79. The van der Waals surface area contributed by atoms with E-state index in [0.29, 0.717) is 11.4 Å². The maximum Gasteiger partial charge on any atom is 0.193 e. The van der Waals surface area contributed by atoms with Crippen molar-refractivity contribution in [2.24, 2.45) is 0 Å². The first-order chi connectivity index (χ1) is 8.30. The average molecular weight is 227 g/mol. The Morgan fingerprint density at radius 3 is 2.82 bits per heavy atom. The smallest absolute Gasteiger partial charge is 0.193 e. The highest BCUT2D eigenvalue weighted by Gasteiger charge is 2.12. The Morgan fingerprint density at radius 1 is 1.35 bits per heavy atom. The summed E-state index contributed by atoms with van der Waals surface area (Å²) in [7, 11) is 0. The quantitative estimate of drug-likeness (QED) is 0.799. The Hall–Kier alpha value is -2.22. The molecule has 0 aliphatic carbocycles. The second kappa shape index (κ2) is 4.74. The zero-order valence-corrected chi connectivity index (χ0v) is 9.88. The van der Waals surface area contributed by atoms with Gasteiger partial charge in [-0.3, -0.25) is 0 Å². The Morgan fingerprint density at radius 2 is 2.18 bits per heavy atom. The second-order valence-electron chi connectivity index (χ2n) is 3.63. The molecule has 0 aliphatic heterocycles. The summed E-state index contributed by atoms with van der Waals surface area (Å²) < 4.78 is 1.71. The molecule has 0 fully saturated rings. The summed E-state index contributed by atoms with van der Waals surface area (Å²) in [6.45, 7) is 4.10. The van der Waals surface area contributed by atoms with Gasteiger partial charge >= 0.3 is 0 Å². The first-order valence-corrected chi connectivity index (χ1v) is 5.60. The molecule has 0 spiro atoms. The number of nitrogens with zero attached hydrogens (tertiary/aromatic N) is 5. The SMILES string of the molecule is CCc1cc(CC)n(-c2nnccc2C#N)n1. The predicted octanol–water partition coefficient (Wildman–Crippen LogP) is 1.66. The van der Waals surface area contributed by atoms with E-state index in [1.165, 1.54) is 6.20 Å². The van der Waals surface area contributed by atoms with E-state index in [-0.39, 0.29) is 0 Å². The third kappa shape index (κ3) is 2.02. The van der Waals surface area contributed by atoms with Crippen LogP contribution in [0.2, 0.25) is 0 Å². The number of nitriles is 1. The molecule has 2 aromatic rings. The van der Waals surface area contributed by atoms with Crippen LogP contribution in [0.4, 0.5) is 0 Å². The molecule has 0 N–H and O–H groups in total. The van der Waals surface area contributed by atoms with Crippen LogP contribution in [0.15, 0.2) is 18.3 Å². The van der Waals surface area contributed by atoms with Crippen molar-refractivity contribution < 1.29 is 0 Å². The standard InChI is InChI=1S/C12H13N5/c1-3-10-7-11(4-2)17(16-10)12-9(8-13)5-6-14-15-12/h5-7H,3-4H2,1-2H3. The van der Waals surface area contributed by atoms with E-state index >= 15 is 0 Å². The molecule has 0 unspecified atom stereocenters. The van der Waals surface area contributed by atoms with Gasteiger partial charge in [-0.15, -0.1) is 5.10 Å². The highest BCUT2D eigenvalue weighted by atomic mass is 15.3. The molecule has 0 bridgehead atoms. The first kappa shape index (κ1) is 11.3. The van der Waals surface area contributed by atoms with Crippen LogP contribution in [-0.2, 0) is 12.8 Å². The summed E-state index contributed by atoms with van der Waals surface area (Å²) in [5.74, 6) is 0.506. The van der Waals surface area contributed by atoms with Crippen molar-refractivity contribution >= 4 is 0 Å². The molecule has 0 atom stereocenters. The van der Waals surface area contributed by atoms with E-state index in [4.69, 9.17) is 5.26 Å². The number of rotatable bonds is 3. The van der Waals surface area contributed by atoms with E-state index in [0.717, 1.165) is 24.2 Å². The number of hydrogen-bond donors (Lipinski definition) is 0. The molecule has 86 valence electrons. The van der Waals surface area contributed by atoms with Crippen molar-refractivity contribution in [3.63, 3.8) is 0 Å². The van der Waals surface area contributed by atoms with Crippen LogP contribution < -0.4 is 0 Å². The monoisotopic (exact) mass is 227 g/mol. The van der Waals surface area contributed by atoms with E-state index in [9.17, 15) is 0 Å². The Balaban J connectivity index is 2.60. The zero-order chi connectivity index (χ0) is 12.3. The highest BCUT2D eigenvalue weighted by molar-refractivity contribution is 5.42. The molecule has 5 heteroatoms. The fourth-order valence-electron chi connectivity index (χ4n) is 1.65. The lowest BCUT2D eigenvalue weighted by molar-refractivity contribution is 0.751. The van der Waals surface area contributed by atoms with Crippen molar-refractivity contribution in [3.8, 4) is 11.9 Å². The van der Waals surface area contributed by atoms with Gasteiger partial charge < -0.3 is 0 Å². The minimum absolute atomic E-state index is 0.487. The Bertz CT molecular complexity index is 565. The summed E-state index contributed by atoms with van der Waals surface area (Å²) in [5.41, 5.74) is 2.52. The van der Waals surface area contributed by atoms with Gasteiger partial charge in [-0.05, 0) is 25.0 Å². The third-order valence-electron chi connectivity index (χ3n) is 2.58. The maximum absolute atomic E-state index is 9.05. The van der Waals surface area contributed by atoms with Crippen molar-refractivity contribution in [3.05, 3.63) is 35.3 Å². The molecule has 17 heavy (non-hydrogen) atoms. The molecule has 0 aromatic carbocycles. The van der Waals surface area contributed by atoms with Crippen LogP contribution in [0.1, 0.15) is 30.8 Å². The summed E-state index contributed by atoms with van der Waals surface area (Å²) in [6.07, 6.45) is 3.22. The van der Waals surface area contributed by atoms with E-state index in [2.05, 4.69) is 28.3 Å². The molecular weight excluding hydrogens is 214 g/mol. The van der Waals surface area contributed by atoms with Crippen LogP contribution in [-0.4, -0.2) is 20.0 Å². The van der Waals surface area contributed by atoms with Gasteiger partial charge in [0, 0.05) is 5.69 Å². The van der Waals surface area contributed by atoms with Crippen LogP contribution in [0.3, 0.4) is 0 Å². The van der Waals surface area contributed by atoms with Gasteiger partial charge in [0.2, 0.25) is 0 Å². The molecule has 2 heterocycles. The highest BCUT2D eigenvalue weighted by Crippen LogP contribution is 2.14. The lowest BCUT2D eigenvalue weighted by Gasteiger charge is -2.04. The molecule has 0 aliphatic rings. The van der Waals surface area contributed by atoms with Crippen molar-refractivity contribution in [2.45, 2.75) is 26.7 Å².